The van der Waals surface area contributed by atoms with Crippen LogP contribution in [-0.2, 0) is 4.74 Å². The summed E-state index contributed by atoms with van der Waals surface area (Å²) in [7, 11) is 0. The maximum Gasteiger partial charge on any atom is 0.163 e. The highest BCUT2D eigenvalue weighted by Gasteiger charge is 2.18. The molecule has 0 saturated carbocycles. The van der Waals surface area contributed by atoms with Crippen LogP contribution in [0.3, 0.4) is 0 Å². The van der Waals surface area contributed by atoms with Gasteiger partial charge in [-0.3, -0.25) is 0 Å². The van der Waals surface area contributed by atoms with Gasteiger partial charge in [0.2, 0.25) is 0 Å². The Bertz CT molecular complexity index is 820. The summed E-state index contributed by atoms with van der Waals surface area (Å²) in [6, 6.07) is 21.9. The molecule has 5 nitrogen and oxygen atoms in total. The van der Waals surface area contributed by atoms with Crippen LogP contribution in [0.1, 0.15) is 6.42 Å². The van der Waals surface area contributed by atoms with E-state index in [-0.39, 0.29) is 6.10 Å². The number of ether oxygens (including phenoxy) is 1. The third-order valence-electron chi connectivity index (χ3n) is 4.11. The molecule has 2 aromatic carbocycles. The van der Waals surface area contributed by atoms with Crippen molar-refractivity contribution in [1.29, 1.82) is 0 Å². The first-order valence-electron chi connectivity index (χ1n) is 8.49. The van der Waals surface area contributed by atoms with Gasteiger partial charge < -0.3 is 15.4 Å². The molecule has 1 fully saturated rings. The predicted octanol–water partition coefficient (Wildman–Crippen LogP) is 4.09. The maximum atomic E-state index is 5.47. The van der Waals surface area contributed by atoms with Crippen LogP contribution in [0.25, 0.3) is 11.4 Å². The molecule has 0 bridgehead atoms. The van der Waals surface area contributed by atoms with Gasteiger partial charge in [0.25, 0.3) is 0 Å². The van der Waals surface area contributed by atoms with Crippen molar-refractivity contribution in [2.24, 2.45) is 0 Å². The summed E-state index contributed by atoms with van der Waals surface area (Å²) in [5.41, 5.74) is 1.98. The second kappa shape index (κ2) is 7.32. The first kappa shape index (κ1) is 15.6. The Balaban J connectivity index is 1.62. The van der Waals surface area contributed by atoms with Crippen molar-refractivity contribution >= 4 is 17.3 Å². The van der Waals surface area contributed by atoms with Gasteiger partial charge in [-0.05, 0) is 18.6 Å². The van der Waals surface area contributed by atoms with E-state index in [2.05, 4.69) is 20.6 Å². The molecule has 1 aliphatic rings. The number of aromatic nitrogens is 2. The fourth-order valence-electron chi connectivity index (χ4n) is 2.65. The number of nitrogens with zero attached hydrogens (tertiary/aromatic N) is 2. The minimum absolute atomic E-state index is 0.278. The molecule has 126 valence electrons. The summed E-state index contributed by atoms with van der Waals surface area (Å²) in [6.45, 7) is 1.61. The molecule has 1 unspecified atom stereocenters. The molecule has 25 heavy (non-hydrogen) atoms. The third-order valence-corrected chi connectivity index (χ3v) is 4.11. The van der Waals surface area contributed by atoms with Gasteiger partial charge in [-0.2, -0.15) is 0 Å². The molecule has 1 atom stereocenters. The summed E-state index contributed by atoms with van der Waals surface area (Å²) >= 11 is 0. The smallest absolute Gasteiger partial charge is 0.163 e. The van der Waals surface area contributed by atoms with Crippen molar-refractivity contribution in [3.8, 4) is 11.4 Å². The minimum Gasteiger partial charge on any atom is -0.376 e. The molecule has 4 rings (SSSR count). The minimum atomic E-state index is 0.278. The van der Waals surface area contributed by atoms with Gasteiger partial charge in [0.05, 0.1) is 6.10 Å². The van der Waals surface area contributed by atoms with Crippen LogP contribution in [0.15, 0.2) is 66.7 Å². The molecule has 3 aromatic rings. The zero-order chi connectivity index (χ0) is 16.9. The van der Waals surface area contributed by atoms with Gasteiger partial charge in [0.1, 0.15) is 11.6 Å². The molecule has 1 saturated heterocycles. The molecule has 2 heterocycles. The van der Waals surface area contributed by atoms with E-state index in [0.29, 0.717) is 5.82 Å². The van der Waals surface area contributed by atoms with E-state index < -0.39 is 0 Å². The van der Waals surface area contributed by atoms with Crippen molar-refractivity contribution < 1.29 is 4.74 Å². The van der Waals surface area contributed by atoms with Gasteiger partial charge in [0.15, 0.2) is 5.82 Å². The molecule has 1 aliphatic heterocycles. The van der Waals surface area contributed by atoms with Crippen molar-refractivity contribution in [1.82, 2.24) is 9.97 Å². The summed E-state index contributed by atoms with van der Waals surface area (Å²) in [4.78, 5) is 9.32. The lowest BCUT2D eigenvalue weighted by Gasteiger charge is -2.26. The Morgan fingerprint density at radius 2 is 1.60 bits per heavy atom. The topological polar surface area (TPSA) is 59.1 Å². The number of hydrogen-bond donors (Lipinski definition) is 2. The lowest BCUT2D eigenvalue weighted by atomic mass is 10.2. The van der Waals surface area contributed by atoms with E-state index in [1.54, 1.807) is 0 Å². The average Bonchev–Trinajstić information content (AvgIpc) is 2.62. The molecule has 2 N–H and O–H groups in total. The number of para-hydroxylation sites is 1. The standard InChI is InChI=1S/C20H20N4O/c1-3-7-15(8-4-1)20-23-18(21-14-17-11-12-25-17)13-19(24-20)22-16-9-5-2-6-10-16/h1-10,13,17H,11-12,14H2,(H2,21,22,23,24). The third kappa shape index (κ3) is 3.95. The van der Waals surface area contributed by atoms with Crippen molar-refractivity contribution in [3.05, 3.63) is 66.7 Å². The van der Waals surface area contributed by atoms with Gasteiger partial charge in [-0.1, -0.05) is 48.5 Å². The first-order valence-corrected chi connectivity index (χ1v) is 8.49. The number of nitrogens with one attached hydrogen (secondary N) is 2. The largest absolute Gasteiger partial charge is 0.376 e. The monoisotopic (exact) mass is 332 g/mol. The average molecular weight is 332 g/mol. The summed E-state index contributed by atoms with van der Waals surface area (Å²) in [5.74, 6) is 2.25. The Morgan fingerprint density at radius 3 is 2.28 bits per heavy atom. The molecular weight excluding hydrogens is 312 g/mol. The number of benzene rings is 2. The highest BCUT2D eigenvalue weighted by molar-refractivity contribution is 5.65. The highest BCUT2D eigenvalue weighted by Crippen LogP contribution is 2.23. The van der Waals surface area contributed by atoms with E-state index in [0.717, 1.165) is 42.5 Å². The lowest BCUT2D eigenvalue weighted by Crippen LogP contribution is -2.33. The molecule has 0 spiro atoms. The van der Waals surface area contributed by atoms with Crippen LogP contribution in [0.5, 0.6) is 0 Å². The molecule has 0 radical (unpaired) electrons. The second-order valence-electron chi connectivity index (χ2n) is 5.98. The van der Waals surface area contributed by atoms with Crippen molar-refractivity contribution in [3.63, 3.8) is 0 Å². The molecule has 5 heteroatoms. The summed E-state index contributed by atoms with van der Waals surface area (Å²) in [5, 5.41) is 6.71. The summed E-state index contributed by atoms with van der Waals surface area (Å²) < 4.78 is 5.47. The van der Waals surface area contributed by atoms with Gasteiger partial charge in [-0.25, -0.2) is 9.97 Å². The highest BCUT2D eigenvalue weighted by atomic mass is 16.5. The second-order valence-corrected chi connectivity index (χ2v) is 5.98. The number of hydrogen-bond acceptors (Lipinski definition) is 5. The molecule has 1 aromatic heterocycles. The van der Waals surface area contributed by atoms with Crippen molar-refractivity contribution in [2.75, 3.05) is 23.8 Å². The summed E-state index contributed by atoms with van der Waals surface area (Å²) in [6.07, 6.45) is 1.37. The van der Waals surface area contributed by atoms with Crippen LogP contribution in [-0.4, -0.2) is 29.2 Å². The fraction of sp³-hybridized carbons (Fsp3) is 0.200. The molecular formula is C20H20N4O. The Labute approximate surface area is 147 Å². The number of anilines is 3. The van der Waals surface area contributed by atoms with Crippen LogP contribution >= 0.6 is 0 Å². The van der Waals surface area contributed by atoms with Crippen molar-refractivity contribution in [2.45, 2.75) is 12.5 Å². The van der Waals surface area contributed by atoms with E-state index in [1.165, 1.54) is 0 Å². The molecule has 0 aliphatic carbocycles. The van der Waals surface area contributed by atoms with Crippen LogP contribution < -0.4 is 10.6 Å². The van der Waals surface area contributed by atoms with Crippen LogP contribution in [0.4, 0.5) is 17.3 Å². The Kier molecular flexibility index (Phi) is 4.57. The number of rotatable bonds is 6. The maximum absolute atomic E-state index is 5.47. The zero-order valence-corrected chi connectivity index (χ0v) is 13.9. The molecule has 0 amide bonds. The van der Waals surface area contributed by atoms with Gasteiger partial charge in [0, 0.05) is 30.5 Å². The fourth-order valence-corrected chi connectivity index (χ4v) is 2.65. The van der Waals surface area contributed by atoms with Gasteiger partial charge >= 0.3 is 0 Å². The predicted molar refractivity (Wildman–Crippen MR) is 100 cm³/mol. The van der Waals surface area contributed by atoms with E-state index in [1.807, 2.05) is 66.7 Å². The normalized spacial score (nSPS) is 16.1. The first-order chi connectivity index (χ1) is 12.4. The van der Waals surface area contributed by atoms with E-state index in [9.17, 15) is 0 Å². The van der Waals surface area contributed by atoms with Crippen LogP contribution in [0, 0.1) is 0 Å². The lowest BCUT2D eigenvalue weighted by molar-refractivity contribution is -0.0410. The van der Waals surface area contributed by atoms with Crippen LogP contribution in [0.2, 0.25) is 0 Å². The Hall–Kier alpha value is -2.92. The zero-order valence-electron chi connectivity index (χ0n) is 13.9. The quantitative estimate of drug-likeness (QED) is 0.712. The Morgan fingerprint density at radius 1 is 0.920 bits per heavy atom. The SMILES string of the molecule is c1ccc(Nc2cc(NCC3CCO3)nc(-c3ccccc3)n2)cc1. The van der Waals surface area contributed by atoms with E-state index in [4.69, 9.17) is 4.74 Å². The van der Waals surface area contributed by atoms with Gasteiger partial charge in [-0.15, -0.1) is 0 Å². The van der Waals surface area contributed by atoms with E-state index >= 15 is 0 Å².